The molecule has 0 amide bonds. The van der Waals surface area contributed by atoms with E-state index >= 15 is 0 Å². The van der Waals surface area contributed by atoms with Crippen molar-refractivity contribution in [2.75, 3.05) is 7.11 Å². The van der Waals surface area contributed by atoms with Gasteiger partial charge < -0.3 is 26.4 Å². The average molecular weight is 484 g/mol. The number of nitrogens with one attached hydrogen (secondary N) is 1. The molecular weight excluding hydrogens is 468 g/mol. The van der Waals surface area contributed by atoms with Gasteiger partial charge in [0.15, 0.2) is 0 Å². The molecule has 3 nitrogen and oxygen atoms in total. The second kappa shape index (κ2) is 10.1. The molecule has 4 rings (SSSR count). The third kappa shape index (κ3) is 6.51. The van der Waals surface area contributed by atoms with Gasteiger partial charge in [0.2, 0.25) is 11.0 Å². The molecule has 1 N–H and O–H groups in total. The minimum Gasteiger partial charge on any atom is -0.495 e. The Bertz CT molecular complexity index is 1290. The van der Waals surface area contributed by atoms with Crippen LogP contribution in [0.25, 0.3) is 22.3 Å². The molecule has 0 aliphatic rings. The first-order valence-electron chi connectivity index (χ1n) is 9.24. The molecule has 0 spiro atoms. The van der Waals surface area contributed by atoms with Crippen molar-refractivity contribution in [2.45, 2.75) is 0 Å². The molecule has 0 saturated carbocycles. The van der Waals surface area contributed by atoms with Gasteiger partial charge in [0.05, 0.1) is 23.6 Å². The summed E-state index contributed by atoms with van der Waals surface area (Å²) in [6.07, 6.45) is 0. The first-order valence-corrected chi connectivity index (χ1v) is 9.99. The van der Waals surface area contributed by atoms with Gasteiger partial charge >= 0.3 is 7.25 Å². The van der Waals surface area contributed by atoms with Crippen molar-refractivity contribution < 1.29 is 31.4 Å². The Morgan fingerprint density at radius 3 is 2.16 bits per heavy atom. The van der Waals surface area contributed by atoms with Crippen LogP contribution in [-0.4, -0.2) is 14.4 Å². The normalized spacial score (nSPS) is 11.8. The van der Waals surface area contributed by atoms with E-state index in [4.69, 9.17) is 32.4 Å². The number of rotatable bonds is 3. The van der Waals surface area contributed by atoms with Crippen molar-refractivity contribution in [3.63, 3.8) is 0 Å². The molecule has 166 valence electrons. The molecule has 0 radical (unpaired) electrons. The molecule has 32 heavy (non-hydrogen) atoms. The van der Waals surface area contributed by atoms with Crippen molar-refractivity contribution in [3.05, 3.63) is 88.2 Å². The van der Waals surface area contributed by atoms with Crippen LogP contribution in [0.2, 0.25) is 10.0 Å². The van der Waals surface area contributed by atoms with Crippen LogP contribution in [0.4, 0.5) is 23.0 Å². The molecule has 0 bridgehead atoms. The highest BCUT2D eigenvalue weighted by atomic mass is 35.5. The van der Waals surface area contributed by atoms with Crippen LogP contribution < -0.4 is 15.1 Å². The number of para-hydroxylation sites is 1. The maximum absolute atomic E-state index is 9.75. The Labute approximate surface area is 191 Å². The number of methoxy groups -OCH3 is 1. The van der Waals surface area contributed by atoms with E-state index in [-0.39, 0.29) is 0 Å². The third-order valence-corrected chi connectivity index (χ3v) is 4.78. The molecule has 1 heterocycles. The second-order valence-electron chi connectivity index (χ2n) is 6.50. The fourth-order valence-electron chi connectivity index (χ4n) is 2.89. The molecule has 3 aromatic carbocycles. The first kappa shape index (κ1) is 23.7. The Morgan fingerprint density at radius 2 is 1.53 bits per heavy atom. The smallest absolute Gasteiger partial charge is 0.495 e. The number of hydrogen-bond donors (Lipinski definition) is 1. The van der Waals surface area contributed by atoms with Gasteiger partial charge in [-0.1, -0.05) is 35.3 Å². The fourth-order valence-corrected chi connectivity index (χ4v) is 3.28. The summed E-state index contributed by atoms with van der Waals surface area (Å²) in [6.45, 7) is 0. The van der Waals surface area contributed by atoms with Gasteiger partial charge in [0.25, 0.3) is 0 Å². The Kier molecular flexibility index (Phi) is 7.48. The van der Waals surface area contributed by atoms with Crippen LogP contribution >= 0.6 is 23.2 Å². The Morgan fingerprint density at radius 1 is 0.875 bits per heavy atom. The van der Waals surface area contributed by atoms with Crippen molar-refractivity contribution >= 4 is 47.1 Å². The quantitative estimate of drug-likeness (QED) is 0.285. The van der Waals surface area contributed by atoms with E-state index < -0.39 is 7.25 Å². The zero-order valence-corrected chi connectivity index (χ0v) is 18.1. The van der Waals surface area contributed by atoms with Crippen molar-refractivity contribution in [1.82, 2.24) is 0 Å². The first-order chi connectivity index (χ1) is 15.1. The molecule has 0 atom stereocenters. The predicted octanol–water partition coefficient (Wildman–Crippen LogP) is 6.03. The van der Waals surface area contributed by atoms with Gasteiger partial charge in [-0.3, -0.25) is 0 Å². The summed E-state index contributed by atoms with van der Waals surface area (Å²) >= 11 is 12.3. The number of halogens is 6. The van der Waals surface area contributed by atoms with E-state index in [0.717, 1.165) is 33.3 Å². The molecule has 0 aliphatic heterocycles. The van der Waals surface area contributed by atoms with Crippen LogP contribution in [0.3, 0.4) is 0 Å². The molecule has 0 fully saturated rings. The highest BCUT2D eigenvalue weighted by molar-refractivity contribution is 6.50. The topological polar surface area (TPSA) is 36.3 Å². The lowest BCUT2D eigenvalue weighted by molar-refractivity contribution is -0.400. The average Bonchev–Trinajstić information content (AvgIpc) is 2.73. The van der Waals surface area contributed by atoms with Crippen LogP contribution in [0.15, 0.2) is 77.2 Å². The fraction of sp³-hybridized carbons (Fsp3) is 0.0455. The maximum atomic E-state index is 9.75. The lowest BCUT2D eigenvalue weighted by Gasteiger charge is -2.03. The Balaban J connectivity index is 0.000000523. The summed E-state index contributed by atoms with van der Waals surface area (Å²) in [6, 6.07) is 23.0. The number of benzene rings is 3. The minimum absolute atomic E-state index is 0.547. The third-order valence-electron chi connectivity index (χ3n) is 4.23. The van der Waals surface area contributed by atoms with E-state index in [1.54, 1.807) is 7.11 Å². The largest absolute Gasteiger partial charge is 0.673 e. The lowest BCUT2D eigenvalue weighted by atomic mass is 10.1. The van der Waals surface area contributed by atoms with Crippen molar-refractivity contribution in [2.24, 2.45) is 0 Å². The minimum atomic E-state index is -6.00. The summed E-state index contributed by atoms with van der Waals surface area (Å²) < 4.78 is 50.3. The maximum Gasteiger partial charge on any atom is 0.673 e. The van der Waals surface area contributed by atoms with Gasteiger partial charge in [0.1, 0.15) is 17.1 Å². The number of hydrogen-bond acceptors (Lipinski definition) is 2. The number of ether oxygens (including phenoxy) is 1. The van der Waals surface area contributed by atoms with E-state index in [2.05, 4.69) is 4.99 Å². The molecule has 0 aliphatic carbocycles. The summed E-state index contributed by atoms with van der Waals surface area (Å²) in [5, 5.41) is 3.13. The molecule has 0 unspecified atom stereocenters. The number of fused-ring (bicyclic) bond motifs is 1. The Hall–Kier alpha value is -2.97. The van der Waals surface area contributed by atoms with Crippen molar-refractivity contribution in [1.29, 1.82) is 0 Å². The zero-order valence-electron chi connectivity index (χ0n) is 16.6. The standard InChI is InChI=1S/C22H15Cl2NO2.BF4/c1-26-21-11-10-16(12-18(21)24)25-19-13-22(14-6-8-15(23)9-7-14)27-20-5-3-2-4-17(19)20;2-1(3,4)5/h2-13H,1H3;/q;-1/p+1. The van der Waals surface area contributed by atoms with E-state index in [9.17, 15) is 17.3 Å². The predicted molar refractivity (Wildman–Crippen MR) is 119 cm³/mol. The summed E-state index contributed by atoms with van der Waals surface area (Å²) in [4.78, 5) is 3.43. The zero-order chi connectivity index (χ0) is 23.3. The van der Waals surface area contributed by atoms with E-state index in [1.807, 2.05) is 72.8 Å². The lowest BCUT2D eigenvalue weighted by Crippen LogP contribution is -2.70. The van der Waals surface area contributed by atoms with Gasteiger partial charge in [-0.2, -0.15) is 0 Å². The van der Waals surface area contributed by atoms with Gasteiger partial charge in [-0.05, 0) is 42.5 Å². The van der Waals surface area contributed by atoms with Gasteiger partial charge in [-0.15, -0.1) is 0 Å². The SMILES string of the molecule is COc1ccc([NH+]=c2cc(-c3ccc(Cl)cc3)oc3ccccc23)cc1Cl.F[B-](F)(F)F. The van der Waals surface area contributed by atoms with Gasteiger partial charge in [-0.25, -0.2) is 4.99 Å². The van der Waals surface area contributed by atoms with Crippen molar-refractivity contribution in [3.8, 4) is 17.1 Å². The van der Waals surface area contributed by atoms with Crippen LogP contribution in [0, 0.1) is 0 Å². The second-order valence-corrected chi connectivity index (χ2v) is 7.34. The summed E-state index contributed by atoms with van der Waals surface area (Å²) in [5.74, 6) is 1.38. The molecule has 1 aromatic heterocycles. The van der Waals surface area contributed by atoms with Crippen LogP contribution in [-0.2, 0) is 0 Å². The molecule has 4 aromatic rings. The summed E-state index contributed by atoms with van der Waals surface area (Å²) in [7, 11) is -4.40. The molecule has 10 heteroatoms. The van der Waals surface area contributed by atoms with E-state index in [0.29, 0.717) is 15.8 Å². The molecule has 0 saturated heterocycles. The van der Waals surface area contributed by atoms with Gasteiger partial charge in [0, 0.05) is 22.7 Å². The van der Waals surface area contributed by atoms with Crippen LogP contribution in [0.5, 0.6) is 5.75 Å². The highest BCUT2D eigenvalue weighted by Crippen LogP contribution is 2.25. The summed E-state index contributed by atoms with van der Waals surface area (Å²) in [5.41, 5.74) is 2.59. The highest BCUT2D eigenvalue weighted by Gasteiger charge is 2.20. The van der Waals surface area contributed by atoms with Crippen LogP contribution in [0.1, 0.15) is 0 Å². The molecular formula is C22H16BCl2F4NO2. The van der Waals surface area contributed by atoms with E-state index in [1.165, 1.54) is 0 Å². The monoisotopic (exact) mass is 483 g/mol.